The number of rotatable bonds is 0. The van der Waals surface area contributed by atoms with Gasteiger partial charge in [-0.15, -0.1) is 0 Å². The van der Waals surface area contributed by atoms with Gasteiger partial charge in [-0.1, -0.05) is 48.6 Å². The number of benzene rings is 1. The van der Waals surface area contributed by atoms with Gasteiger partial charge in [0.25, 0.3) is 0 Å². The normalized spacial score (nSPS) is 22.6. The van der Waals surface area contributed by atoms with Gasteiger partial charge in [0.2, 0.25) is 0 Å². The van der Waals surface area contributed by atoms with E-state index in [1.807, 2.05) is 0 Å². The fourth-order valence-corrected chi connectivity index (χ4v) is 2.59. The smallest absolute Gasteiger partial charge is 0.00647 e. The molecule has 0 saturated carbocycles. The second kappa shape index (κ2) is 3.23. The maximum absolute atomic E-state index is 2.34. The molecule has 1 atom stereocenters. The lowest BCUT2D eigenvalue weighted by Crippen LogP contribution is -2.09. The van der Waals surface area contributed by atoms with Crippen molar-refractivity contribution in [2.24, 2.45) is 5.92 Å². The van der Waals surface area contributed by atoms with Crippen LogP contribution in [0.2, 0.25) is 0 Å². The summed E-state index contributed by atoms with van der Waals surface area (Å²) in [5.41, 5.74) is 5.73. The minimum Gasteiger partial charge on any atom is -0.0833 e. The lowest BCUT2D eigenvalue weighted by molar-refractivity contribution is 0.833. The van der Waals surface area contributed by atoms with Crippen molar-refractivity contribution < 1.29 is 0 Å². The van der Waals surface area contributed by atoms with Crippen LogP contribution >= 0.6 is 0 Å². The topological polar surface area (TPSA) is 0 Å². The molecule has 74 valence electrons. The SMILES string of the molecule is CC1=C2c3ccccc3C=CC2CC=C1. The highest BCUT2D eigenvalue weighted by atomic mass is 14.3. The molecule has 0 bridgehead atoms. The Morgan fingerprint density at radius 3 is 2.93 bits per heavy atom. The lowest BCUT2D eigenvalue weighted by Gasteiger charge is -2.26. The van der Waals surface area contributed by atoms with Crippen molar-refractivity contribution in [3.05, 3.63) is 59.2 Å². The maximum atomic E-state index is 2.34. The first kappa shape index (κ1) is 8.72. The van der Waals surface area contributed by atoms with E-state index in [0.29, 0.717) is 5.92 Å². The molecule has 0 heteroatoms. The van der Waals surface area contributed by atoms with Gasteiger partial charge >= 0.3 is 0 Å². The van der Waals surface area contributed by atoms with Crippen molar-refractivity contribution in [1.29, 1.82) is 0 Å². The van der Waals surface area contributed by atoms with Gasteiger partial charge in [-0.3, -0.25) is 0 Å². The van der Waals surface area contributed by atoms with E-state index >= 15 is 0 Å². The van der Waals surface area contributed by atoms with Crippen LogP contribution in [0.3, 0.4) is 0 Å². The van der Waals surface area contributed by atoms with E-state index in [9.17, 15) is 0 Å². The van der Waals surface area contributed by atoms with Crippen LogP contribution in [0.25, 0.3) is 11.6 Å². The largest absolute Gasteiger partial charge is 0.0833 e. The van der Waals surface area contributed by atoms with Crippen LogP contribution in [0.15, 0.2) is 48.1 Å². The molecule has 1 aromatic carbocycles. The van der Waals surface area contributed by atoms with Crippen LogP contribution < -0.4 is 0 Å². The Labute approximate surface area is 90.6 Å². The molecule has 0 nitrogen and oxygen atoms in total. The third-order valence-corrected chi connectivity index (χ3v) is 3.31. The third-order valence-electron chi connectivity index (χ3n) is 3.31. The average molecular weight is 194 g/mol. The van der Waals surface area contributed by atoms with Gasteiger partial charge in [-0.05, 0) is 35.6 Å². The van der Waals surface area contributed by atoms with E-state index in [2.05, 4.69) is 55.5 Å². The Morgan fingerprint density at radius 2 is 2.00 bits per heavy atom. The van der Waals surface area contributed by atoms with Gasteiger partial charge < -0.3 is 0 Å². The molecule has 3 rings (SSSR count). The fraction of sp³-hybridized carbons (Fsp3) is 0.200. The Balaban J connectivity index is 2.27. The quantitative estimate of drug-likeness (QED) is 0.584. The van der Waals surface area contributed by atoms with Crippen LogP contribution in [-0.2, 0) is 0 Å². The Hall–Kier alpha value is -1.56. The zero-order valence-corrected chi connectivity index (χ0v) is 8.90. The van der Waals surface area contributed by atoms with Crippen LogP contribution in [0.1, 0.15) is 24.5 Å². The summed E-state index contributed by atoms with van der Waals surface area (Å²) in [5, 5.41) is 0. The Morgan fingerprint density at radius 1 is 1.13 bits per heavy atom. The minimum atomic E-state index is 0.602. The third kappa shape index (κ3) is 1.29. The van der Waals surface area contributed by atoms with Gasteiger partial charge in [0, 0.05) is 5.92 Å². The van der Waals surface area contributed by atoms with Crippen molar-refractivity contribution >= 4 is 11.6 Å². The highest BCUT2D eigenvalue weighted by molar-refractivity contribution is 5.84. The van der Waals surface area contributed by atoms with E-state index in [4.69, 9.17) is 0 Å². The monoisotopic (exact) mass is 194 g/mol. The lowest BCUT2D eigenvalue weighted by atomic mass is 9.78. The predicted octanol–water partition coefficient (Wildman–Crippen LogP) is 4.06. The molecule has 15 heavy (non-hydrogen) atoms. The Kier molecular flexibility index (Phi) is 1.88. The van der Waals surface area contributed by atoms with Crippen LogP contribution in [0.5, 0.6) is 0 Å². The van der Waals surface area contributed by atoms with Crippen molar-refractivity contribution in [3.8, 4) is 0 Å². The van der Waals surface area contributed by atoms with Crippen molar-refractivity contribution in [3.63, 3.8) is 0 Å². The van der Waals surface area contributed by atoms with Crippen molar-refractivity contribution in [2.45, 2.75) is 13.3 Å². The van der Waals surface area contributed by atoms with Gasteiger partial charge in [-0.25, -0.2) is 0 Å². The highest BCUT2D eigenvalue weighted by Crippen LogP contribution is 2.39. The summed E-state index contributed by atoms with van der Waals surface area (Å²) in [7, 11) is 0. The summed E-state index contributed by atoms with van der Waals surface area (Å²) in [4.78, 5) is 0. The standard InChI is InChI=1S/C15H14/c1-11-5-4-7-13-10-9-12-6-2-3-8-14(12)15(11)13/h2-6,8-10,13H,7H2,1H3. The number of hydrogen-bond donors (Lipinski definition) is 0. The predicted molar refractivity (Wildman–Crippen MR) is 65.3 cm³/mol. The van der Waals surface area contributed by atoms with E-state index in [0.717, 1.165) is 6.42 Å². The summed E-state index contributed by atoms with van der Waals surface area (Å²) in [6.07, 6.45) is 10.3. The van der Waals surface area contributed by atoms with Gasteiger partial charge in [0.15, 0.2) is 0 Å². The summed E-state index contributed by atoms with van der Waals surface area (Å²) < 4.78 is 0. The molecule has 2 aliphatic carbocycles. The van der Waals surface area contributed by atoms with Crippen LogP contribution in [-0.4, -0.2) is 0 Å². The van der Waals surface area contributed by atoms with E-state index in [1.54, 1.807) is 0 Å². The Bertz CT molecular complexity index is 487. The molecule has 2 aliphatic rings. The molecule has 0 radical (unpaired) electrons. The number of allylic oxidation sites excluding steroid dienone is 5. The molecule has 0 aromatic heterocycles. The van der Waals surface area contributed by atoms with E-state index < -0.39 is 0 Å². The van der Waals surface area contributed by atoms with Crippen LogP contribution in [0, 0.1) is 5.92 Å². The molecule has 0 aliphatic heterocycles. The number of hydrogen-bond acceptors (Lipinski definition) is 0. The average Bonchev–Trinajstić information content (AvgIpc) is 2.29. The second-order valence-corrected chi connectivity index (χ2v) is 4.29. The van der Waals surface area contributed by atoms with Crippen molar-refractivity contribution in [1.82, 2.24) is 0 Å². The molecule has 0 amide bonds. The van der Waals surface area contributed by atoms with Gasteiger partial charge in [0.1, 0.15) is 0 Å². The van der Waals surface area contributed by atoms with Gasteiger partial charge in [0.05, 0.1) is 0 Å². The summed E-state index contributed by atoms with van der Waals surface area (Å²) in [6, 6.07) is 8.68. The first-order valence-corrected chi connectivity index (χ1v) is 5.51. The molecule has 1 unspecified atom stereocenters. The first-order chi connectivity index (χ1) is 7.36. The van der Waals surface area contributed by atoms with Gasteiger partial charge in [-0.2, -0.15) is 0 Å². The van der Waals surface area contributed by atoms with Crippen LogP contribution in [0.4, 0.5) is 0 Å². The zero-order chi connectivity index (χ0) is 10.3. The molecular formula is C15H14. The minimum absolute atomic E-state index is 0.602. The molecule has 1 aromatic rings. The molecule has 0 saturated heterocycles. The zero-order valence-electron chi connectivity index (χ0n) is 8.90. The molecular weight excluding hydrogens is 180 g/mol. The summed E-state index contributed by atoms with van der Waals surface area (Å²) in [5.74, 6) is 0.602. The highest BCUT2D eigenvalue weighted by Gasteiger charge is 2.21. The van der Waals surface area contributed by atoms with E-state index in [1.165, 1.54) is 22.3 Å². The fourth-order valence-electron chi connectivity index (χ4n) is 2.59. The second-order valence-electron chi connectivity index (χ2n) is 4.29. The molecule has 0 spiro atoms. The maximum Gasteiger partial charge on any atom is 0.00647 e. The molecule has 0 N–H and O–H groups in total. The molecule has 0 fully saturated rings. The van der Waals surface area contributed by atoms with E-state index in [-0.39, 0.29) is 0 Å². The first-order valence-electron chi connectivity index (χ1n) is 5.51. The molecule has 0 heterocycles. The van der Waals surface area contributed by atoms with Crippen molar-refractivity contribution in [2.75, 3.05) is 0 Å². The number of fused-ring (bicyclic) bond motifs is 3. The summed E-state index contributed by atoms with van der Waals surface area (Å²) >= 11 is 0. The summed E-state index contributed by atoms with van der Waals surface area (Å²) in [6.45, 7) is 2.22.